The first-order valence-corrected chi connectivity index (χ1v) is 14.0. The predicted octanol–water partition coefficient (Wildman–Crippen LogP) is 5.53. The summed E-state index contributed by atoms with van der Waals surface area (Å²) in [5.41, 5.74) is 1.49. The zero-order valence-electron chi connectivity index (χ0n) is 21.4. The van der Waals surface area contributed by atoms with Crippen molar-refractivity contribution < 1.29 is 19.1 Å². The SMILES string of the molecule is CC(=O)N1CCN(C(=O)Cc2ccc(Cl)c(Cl)c2)C(CN2CCCC2OC(=O)Cc2ccc(Cl)c(Cl)c2)C1.Cl. The number of benzene rings is 2. The van der Waals surface area contributed by atoms with Gasteiger partial charge >= 0.3 is 5.97 Å². The van der Waals surface area contributed by atoms with Gasteiger partial charge in [0, 0.05) is 39.6 Å². The molecule has 39 heavy (non-hydrogen) atoms. The van der Waals surface area contributed by atoms with Gasteiger partial charge < -0.3 is 14.5 Å². The Morgan fingerprint density at radius 2 is 1.49 bits per heavy atom. The highest BCUT2D eigenvalue weighted by Crippen LogP contribution is 2.26. The maximum atomic E-state index is 13.4. The third-order valence-corrected chi connectivity index (χ3v) is 8.41. The van der Waals surface area contributed by atoms with Crippen molar-refractivity contribution in [2.75, 3.05) is 32.7 Å². The Morgan fingerprint density at radius 1 is 0.872 bits per heavy atom. The second-order valence-electron chi connectivity index (χ2n) is 9.64. The number of esters is 1. The van der Waals surface area contributed by atoms with Crippen molar-refractivity contribution in [2.45, 2.75) is 44.9 Å². The number of likely N-dealkylation sites (tertiary alicyclic amines) is 1. The molecule has 0 spiro atoms. The molecule has 2 saturated heterocycles. The Labute approximate surface area is 254 Å². The van der Waals surface area contributed by atoms with Crippen molar-refractivity contribution in [1.82, 2.24) is 14.7 Å². The lowest BCUT2D eigenvalue weighted by atomic mass is 10.1. The summed E-state index contributed by atoms with van der Waals surface area (Å²) in [6.45, 7) is 4.08. The summed E-state index contributed by atoms with van der Waals surface area (Å²) in [5.74, 6) is -0.441. The molecular formula is C27H30Cl5N3O4. The van der Waals surface area contributed by atoms with E-state index in [1.54, 1.807) is 41.3 Å². The second-order valence-corrected chi connectivity index (χ2v) is 11.3. The molecular weight excluding hydrogens is 608 g/mol. The van der Waals surface area contributed by atoms with Crippen LogP contribution in [0.2, 0.25) is 20.1 Å². The van der Waals surface area contributed by atoms with Crippen molar-refractivity contribution in [3.8, 4) is 0 Å². The molecule has 2 aliphatic heterocycles. The fraction of sp³-hybridized carbons (Fsp3) is 0.444. The van der Waals surface area contributed by atoms with E-state index in [0.29, 0.717) is 52.7 Å². The van der Waals surface area contributed by atoms with Crippen LogP contribution in [0, 0.1) is 0 Å². The summed E-state index contributed by atoms with van der Waals surface area (Å²) in [7, 11) is 0. The molecule has 0 radical (unpaired) electrons. The molecule has 2 amide bonds. The van der Waals surface area contributed by atoms with E-state index in [-0.39, 0.29) is 49.1 Å². The number of hydrogen-bond donors (Lipinski definition) is 0. The van der Waals surface area contributed by atoms with Crippen molar-refractivity contribution in [3.05, 3.63) is 67.6 Å². The summed E-state index contributed by atoms with van der Waals surface area (Å²) < 4.78 is 5.83. The minimum atomic E-state index is -0.398. The Kier molecular flexibility index (Phi) is 11.6. The normalized spacial score (nSPS) is 19.5. The quantitative estimate of drug-likeness (QED) is 0.374. The van der Waals surface area contributed by atoms with E-state index in [0.717, 1.165) is 24.1 Å². The topological polar surface area (TPSA) is 70.2 Å². The number of piperazine rings is 1. The first-order chi connectivity index (χ1) is 18.1. The standard InChI is InChI=1S/C27H29Cl4N3O4.ClH/c1-17(35)32-9-10-34(25(36)13-18-4-6-21(28)23(30)11-18)20(15-32)16-33-8-2-3-26(33)38-27(37)14-19-5-7-22(29)24(31)12-19;/h4-7,11-12,20,26H,2-3,8-10,13-16H2,1H3;1H. The van der Waals surface area contributed by atoms with E-state index in [4.69, 9.17) is 51.1 Å². The van der Waals surface area contributed by atoms with Crippen molar-refractivity contribution >= 4 is 76.6 Å². The summed E-state index contributed by atoms with van der Waals surface area (Å²) in [6.07, 6.45) is 1.43. The first-order valence-electron chi connectivity index (χ1n) is 12.5. The first kappa shape index (κ1) is 31.8. The molecule has 0 N–H and O–H groups in total. The molecule has 2 aromatic carbocycles. The number of hydrogen-bond acceptors (Lipinski definition) is 5. The Morgan fingerprint density at radius 3 is 2.08 bits per heavy atom. The monoisotopic (exact) mass is 635 g/mol. The van der Waals surface area contributed by atoms with Crippen molar-refractivity contribution in [3.63, 3.8) is 0 Å². The summed E-state index contributed by atoms with van der Waals surface area (Å²) in [6, 6.07) is 9.99. The second kappa shape index (κ2) is 14.2. The van der Waals surface area contributed by atoms with Gasteiger partial charge in [0.1, 0.15) is 0 Å². The van der Waals surface area contributed by atoms with Crippen LogP contribution in [-0.2, 0) is 32.0 Å². The molecule has 12 heteroatoms. The zero-order valence-corrected chi connectivity index (χ0v) is 25.2. The van der Waals surface area contributed by atoms with E-state index in [9.17, 15) is 14.4 Å². The van der Waals surface area contributed by atoms with E-state index >= 15 is 0 Å². The number of ether oxygens (including phenoxy) is 1. The number of carbonyl (C=O) groups excluding carboxylic acids is 3. The van der Waals surface area contributed by atoms with Gasteiger partial charge in [-0.1, -0.05) is 58.5 Å². The molecule has 7 nitrogen and oxygen atoms in total. The molecule has 0 aliphatic carbocycles. The third kappa shape index (κ3) is 8.38. The van der Waals surface area contributed by atoms with Gasteiger partial charge in [-0.3, -0.25) is 19.3 Å². The largest absolute Gasteiger partial charge is 0.446 e. The fourth-order valence-corrected chi connectivity index (χ4v) is 5.61. The number of nitrogens with zero attached hydrogens (tertiary/aromatic N) is 3. The van der Waals surface area contributed by atoms with Crippen LogP contribution in [0.25, 0.3) is 0 Å². The zero-order chi connectivity index (χ0) is 27.4. The number of halogens is 5. The average Bonchev–Trinajstić information content (AvgIpc) is 3.29. The number of rotatable bonds is 7. The van der Waals surface area contributed by atoms with Crippen LogP contribution in [0.5, 0.6) is 0 Å². The molecule has 2 aliphatic rings. The highest BCUT2D eigenvalue weighted by molar-refractivity contribution is 6.42. The molecule has 0 saturated carbocycles. The lowest BCUT2D eigenvalue weighted by molar-refractivity contribution is -0.157. The molecule has 4 rings (SSSR count). The maximum Gasteiger partial charge on any atom is 0.311 e. The molecule has 2 heterocycles. The van der Waals surface area contributed by atoms with Crippen LogP contribution in [-0.4, -0.2) is 77.5 Å². The molecule has 2 fully saturated rings. The lowest BCUT2D eigenvalue weighted by Crippen LogP contribution is -2.60. The summed E-state index contributed by atoms with van der Waals surface area (Å²) in [5, 5.41) is 1.65. The van der Waals surface area contributed by atoms with Crippen LogP contribution in [0.3, 0.4) is 0 Å². The van der Waals surface area contributed by atoms with Crippen LogP contribution in [0.4, 0.5) is 0 Å². The van der Waals surface area contributed by atoms with Gasteiger partial charge in [-0.25, -0.2) is 0 Å². The molecule has 2 unspecified atom stereocenters. The molecule has 2 aromatic rings. The van der Waals surface area contributed by atoms with Crippen molar-refractivity contribution in [1.29, 1.82) is 0 Å². The molecule has 2 atom stereocenters. The molecule has 0 aromatic heterocycles. The maximum absolute atomic E-state index is 13.4. The van der Waals surface area contributed by atoms with Crippen LogP contribution < -0.4 is 0 Å². The van der Waals surface area contributed by atoms with Gasteiger partial charge in [0.15, 0.2) is 6.23 Å². The summed E-state index contributed by atoms with van der Waals surface area (Å²) >= 11 is 24.2. The van der Waals surface area contributed by atoms with Gasteiger partial charge in [-0.2, -0.15) is 0 Å². The van der Waals surface area contributed by atoms with E-state index < -0.39 is 6.23 Å². The Hall–Kier alpha value is -1.74. The average molecular weight is 638 g/mol. The Balaban J connectivity index is 0.00000420. The molecule has 212 valence electrons. The number of carbonyl (C=O) groups is 3. The van der Waals surface area contributed by atoms with E-state index in [1.165, 1.54) is 6.92 Å². The third-order valence-electron chi connectivity index (χ3n) is 6.94. The predicted molar refractivity (Wildman–Crippen MR) is 156 cm³/mol. The van der Waals surface area contributed by atoms with Crippen molar-refractivity contribution in [2.24, 2.45) is 0 Å². The lowest BCUT2D eigenvalue weighted by Gasteiger charge is -2.43. The fourth-order valence-electron chi connectivity index (χ4n) is 4.97. The van der Waals surface area contributed by atoms with E-state index in [2.05, 4.69) is 4.90 Å². The highest BCUT2D eigenvalue weighted by atomic mass is 35.5. The number of amides is 2. The van der Waals surface area contributed by atoms with Gasteiger partial charge in [0.2, 0.25) is 11.8 Å². The van der Waals surface area contributed by atoms with Crippen LogP contribution >= 0.6 is 58.8 Å². The smallest absolute Gasteiger partial charge is 0.311 e. The van der Waals surface area contributed by atoms with Gasteiger partial charge in [0.25, 0.3) is 0 Å². The minimum Gasteiger partial charge on any atom is -0.446 e. The van der Waals surface area contributed by atoms with Crippen LogP contribution in [0.1, 0.15) is 30.9 Å². The summed E-state index contributed by atoms with van der Waals surface area (Å²) in [4.78, 5) is 43.9. The van der Waals surface area contributed by atoms with E-state index in [1.807, 2.05) is 4.90 Å². The Bertz CT molecular complexity index is 1210. The minimum absolute atomic E-state index is 0. The highest BCUT2D eigenvalue weighted by Gasteiger charge is 2.36. The van der Waals surface area contributed by atoms with Gasteiger partial charge in [-0.15, -0.1) is 12.4 Å². The molecule has 0 bridgehead atoms. The van der Waals surface area contributed by atoms with Gasteiger partial charge in [0.05, 0.1) is 39.0 Å². The van der Waals surface area contributed by atoms with Gasteiger partial charge in [-0.05, 0) is 48.2 Å². The van der Waals surface area contributed by atoms with Crippen LogP contribution in [0.15, 0.2) is 36.4 Å².